The first-order chi connectivity index (χ1) is 11.8. The van der Waals surface area contributed by atoms with Gasteiger partial charge in [-0.3, -0.25) is 0 Å². The molecule has 1 aromatic carbocycles. The summed E-state index contributed by atoms with van der Waals surface area (Å²) in [5, 5.41) is 0. The second-order valence-electron chi connectivity index (χ2n) is 7.52. The molecule has 1 aliphatic carbocycles. The van der Waals surface area contributed by atoms with E-state index in [1.54, 1.807) is 6.08 Å². The number of allylic oxidation sites excluding steroid dienone is 3. The predicted molar refractivity (Wildman–Crippen MR) is 117 cm³/mol. The van der Waals surface area contributed by atoms with Crippen molar-refractivity contribution in [2.75, 3.05) is 0 Å². The fourth-order valence-electron chi connectivity index (χ4n) is 2.74. The fraction of sp³-hybridized carbons (Fsp3) is 0.520. The van der Waals surface area contributed by atoms with Crippen molar-refractivity contribution >= 4 is 5.57 Å². The summed E-state index contributed by atoms with van der Waals surface area (Å²) >= 11 is 0. The second-order valence-corrected chi connectivity index (χ2v) is 7.52. The van der Waals surface area contributed by atoms with Gasteiger partial charge in [0.25, 0.3) is 0 Å². The van der Waals surface area contributed by atoms with Crippen LogP contribution in [0.3, 0.4) is 0 Å². The number of unbranched alkanes of at least 4 members (excludes halogenated alkanes) is 1. The smallest absolute Gasteiger partial charge is 0.00752 e. The van der Waals surface area contributed by atoms with E-state index in [2.05, 4.69) is 71.7 Å². The Labute approximate surface area is 157 Å². The van der Waals surface area contributed by atoms with Crippen molar-refractivity contribution in [3.8, 4) is 0 Å². The zero-order valence-corrected chi connectivity index (χ0v) is 17.5. The highest BCUT2D eigenvalue weighted by molar-refractivity contribution is 5.68. The van der Waals surface area contributed by atoms with Gasteiger partial charge in [0.1, 0.15) is 0 Å². The van der Waals surface area contributed by atoms with Gasteiger partial charge in [-0.15, -0.1) is 0 Å². The van der Waals surface area contributed by atoms with Crippen LogP contribution in [0.1, 0.15) is 83.8 Å². The first-order valence-corrected chi connectivity index (χ1v) is 9.85. The largest absolute Gasteiger partial charge is 0.0988 e. The van der Waals surface area contributed by atoms with E-state index in [0.717, 1.165) is 5.57 Å². The van der Waals surface area contributed by atoms with Gasteiger partial charge in [-0.1, -0.05) is 114 Å². The monoisotopic (exact) mass is 340 g/mol. The highest BCUT2D eigenvalue weighted by Gasteiger charge is 2.30. The molecule has 0 nitrogen and oxygen atoms in total. The molecular weight excluding hydrogens is 300 g/mol. The fourth-order valence-corrected chi connectivity index (χ4v) is 2.74. The zero-order valence-electron chi connectivity index (χ0n) is 17.5. The van der Waals surface area contributed by atoms with E-state index in [-0.39, 0.29) is 0 Å². The Morgan fingerprint density at radius 3 is 1.80 bits per heavy atom. The van der Waals surface area contributed by atoms with Crippen LogP contribution in [0.25, 0.3) is 5.57 Å². The number of benzene rings is 1. The number of hydrogen-bond acceptors (Lipinski definition) is 0. The minimum Gasteiger partial charge on any atom is -0.0988 e. The Morgan fingerprint density at radius 1 is 1.00 bits per heavy atom. The van der Waals surface area contributed by atoms with Crippen molar-refractivity contribution in [2.24, 2.45) is 5.41 Å². The molecule has 0 bridgehead atoms. The Balaban J connectivity index is 0.000000536. The molecule has 0 heterocycles. The van der Waals surface area contributed by atoms with E-state index < -0.39 is 0 Å². The first-order valence-electron chi connectivity index (χ1n) is 9.85. The molecule has 1 aliphatic rings. The Bertz CT molecular complexity index is 507. The second kappa shape index (κ2) is 12.8. The van der Waals surface area contributed by atoms with Crippen LogP contribution in [0, 0.1) is 12.3 Å². The molecule has 0 spiro atoms. The van der Waals surface area contributed by atoms with Crippen molar-refractivity contribution in [3.63, 3.8) is 0 Å². The van der Waals surface area contributed by atoms with Crippen LogP contribution in [-0.4, -0.2) is 0 Å². The van der Waals surface area contributed by atoms with Crippen LogP contribution in [0.5, 0.6) is 0 Å². The van der Waals surface area contributed by atoms with Gasteiger partial charge >= 0.3 is 0 Å². The first kappa shape index (κ1) is 23.4. The van der Waals surface area contributed by atoms with Gasteiger partial charge in [0.15, 0.2) is 0 Å². The zero-order chi connectivity index (χ0) is 19.3. The third-order valence-electron chi connectivity index (χ3n) is 4.93. The molecule has 0 aliphatic heterocycles. The van der Waals surface area contributed by atoms with Crippen molar-refractivity contribution in [2.45, 2.75) is 79.6 Å². The molecule has 1 aromatic rings. The maximum Gasteiger partial charge on any atom is -0.00752 e. The van der Waals surface area contributed by atoms with Gasteiger partial charge in [0.2, 0.25) is 0 Å². The molecule has 2 rings (SSSR count). The van der Waals surface area contributed by atoms with Crippen LogP contribution in [0.2, 0.25) is 0 Å². The molecule has 25 heavy (non-hydrogen) atoms. The Kier molecular flexibility index (Phi) is 12.0. The summed E-state index contributed by atoms with van der Waals surface area (Å²) < 4.78 is 0. The third-order valence-corrected chi connectivity index (χ3v) is 4.93. The van der Waals surface area contributed by atoms with Crippen LogP contribution >= 0.6 is 0 Å². The maximum atomic E-state index is 4.35. The Morgan fingerprint density at radius 2 is 1.44 bits per heavy atom. The van der Waals surface area contributed by atoms with E-state index in [4.69, 9.17) is 0 Å². The van der Waals surface area contributed by atoms with Crippen LogP contribution in [0.4, 0.5) is 0 Å². The van der Waals surface area contributed by atoms with Crippen molar-refractivity contribution in [3.05, 3.63) is 66.8 Å². The minimum atomic E-state index is 0.341. The molecule has 140 valence electrons. The van der Waals surface area contributed by atoms with Gasteiger partial charge in [-0.2, -0.15) is 0 Å². The summed E-state index contributed by atoms with van der Waals surface area (Å²) in [7, 11) is 0. The average molecular weight is 341 g/mol. The molecule has 1 fully saturated rings. The van der Waals surface area contributed by atoms with E-state index in [1.807, 2.05) is 6.92 Å². The van der Waals surface area contributed by atoms with Gasteiger partial charge in [-0.05, 0) is 43.2 Å². The van der Waals surface area contributed by atoms with E-state index in [9.17, 15) is 0 Å². The summed E-state index contributed by atoms with van der Waals surface area (Å²) in [6, 6.07) is 8.81. The standard InChI is InChI=1S/C16H22.C5H8.C4H10/c1-13-7-9-15(10-8-13)14(2)16(3)11-5-4-6-12-16;1-4-5(2)3;1-3-4-2/h7-10H,2,4-6,11-12H2,1,3H3;4H,1-2H2,3H3;3-4H2,1-2H3. The average Bonchev–Trinajstić information content (AvgIpc) is 2.63. The van der Waals surface area contributed by atoms with Crippen LogP contribution in [0.15, 0.2) is 55.7 Å². The van der Waals surface area contributed by atoms with Crippen molar-refractivity contribution in [1.29, 1.82) is 0 Å². The molecule has 0 heteroatoms. The lowest BCUT2D eigenvalue weighted by Crippen LogP contribution is -2.21. The Hall–Kier alpha value is -1.56. The summed E-state index contributed by atoms with van der Waals surface area (Å²) in [4.78, 5) is 0. The van der Waals surface area contributed by atoms with Crippen molar-refractivity contribution < 1.29 is 0 Å². The number of rotatable bonds is 4. The van der Waals surface area contributed by atoms with Gasteiger partial charge < -0.3 is 0 Å². The summed E-state index contributed by atoms with van der Waals surface area (Å²) in [6.07, 6.45) is 11.1. The SMILES string of the molecule is C=C(c1ccc(C)cc1)C1(C)CCCCC1.C=CC(=C)C.CCCC. The van der Waals surface area contributed by atoms with Gasteiger partial charge in [0.05, 0.1) is 0 Å². The lowest BCUT2D eigenvalue weighted by Gasteiger charge is -2.35. The lowest BCUT2D eigenvalue weighted by molar-refractivity contribution is 0.299. The molecule has 1 saturated carbocycles. The topological polar surface area (TPSA) is 0 Å². The number of hydrogen-bond donors (Lipinski definition) is 0. The van der Waals surface area contributed by atoms with Crippen molar-refractivity contribution in [1.82, 2.24) is 0 Å². The highest BCUT2D eigenvalue weighted by atomic mass is 14.3. The maximum absolute atomic E-state index is 4.35. The summed E-state index contributed by atoms with van der Waals surface area (Å²) in [6.45, 7) is 22.2. The molecule has 0 amide bonds. The molecular formula is C25H40. The number of aryl methyl sites for hydroxylation is 1. The molecule has 0 saturated heterocycles. The molecule has 0 N–H and O–H groups in total. The third kappa shape index (κ3) is 9.48. The molecule has 0 atom stereocenters. The normalized spacial score (nSPS) is 14.9. The van der Waals surface area contributed by atoms with E-state index in [1.165, 1.54) is 61.6 Å². The van der Waals surface area contributed by atoms with Crippen LogP contribution in [-0.2, 0) is 0 Å². The highest BCUT2D eigenvalue weighted by Crippen LogP contribution is 2.45. The minimum absolute atomic E-state index is 0.341. The quantitative estimate of drug-likeness (QED) is 0.482. The molecule has 0 radical (unpaired) electrons. The van der Waals surface area contributed by atoms with Gasteiger partial charge in [-0.25, -0.2) is 0 Å². The van der Waals surface area contributed by atoms with E-state index >= 15 is 0 Å². The molecule has 0 unspecified atom stereocenters. The lowest BCUT2D eigenvalue weighted by atomic mass is 9.69. The van der Waals surface area contributed by atoms with Crippen LogP contribution < -0.4 is 0 Å². The summed E-state index contributed by atoms with van der Waals surface area (Å²) in [5.74, 6) is 0. The van der Waals surface area contributed by atoms with E-state index in [0.29, 0.717) is 5.41 Å². The predicted octanol–water partition coefficient (Wildman–Crippen LogP) is 8.53. The summed E-state index contributed by atoms with van der Waals surface area (Å²) in [5.41, 5.74) is 5.35. The van der Waals surface area contributed by atoms with Gasteiger partial charge in [0, 0.05) is 0 Å². The molecule has 0 aromatic heterocycles.